The monoisotopic (exact) mass is 366 g/mol. The SMILES string of the molecule is CC(C)n1c(=O)[nH]c2ncc(C(=O)NC3(C)CCS(=O)(=O)CC3)cc21. The molecule has 3 rings (SSSR count). The third-order valence-corrected chi connectivity index (χ3v) is 6.35. The van der Waals surface area contributed by atoms with Gasteiger partial charge in [-0.25, -0.2) is 18.2 Å². The fourth-order valence-electron chi connectivity index (χ4n) is 3.10. The van der Waals surface area contributed by atoms with Crippen LogP contribution in [0.3, 0.4) is 0 Å². The summed E-state index contributed by atoms with van der Waals surface area (Å²) in [7, 11) is -3.00. The summed E-state index contributed by atoms with van der Waals surface area (Å²) in [5.74, 6) is -0.169. The van der Waals surface area contributed by atoms with Crippen LogP contribution in [0.25, 0.3) is 11.2 Å². The maximum absolute atomic E-state index is 12.6. The fraction of sp³-hybridized carbons (Fsp3) is 0.562. The number of aromatic amines is 1. The Labute approximate surface area is 145 Å². The number of pyridine rings is 1. The van der Waals surface area contributed by atoms with Crippen LogP contribution in [0.15, 0.2) is 17.1 Å². The quantitative estimate of drug-likeness (QED) is 0.841. The zero-order valence-electron chi connectivity index (χ0n) is 14.5. The van der Waals surface area contributed by atoms with Gasteiger partial charge < -0.3 is 5.32 Å². The number of sulfone groups is 1. The molecule has 0 aromatic carbocycles. The Morgan fingerprint density at radius 2 is 2.00 bits per heavy atom. The second-order valence-electron chi connectivity index (χ2n) is 7.15. The number of hydrogen-bond donors (Lipinski definition) is 2. The molecule has 0 atom stereocenters. The second-order valence-corrected chi connectivity index (χ2v) is 9.46. The number of hydrogen-bond acceptors (Lipinski definition) is 5. The van der Waals surface area contributed by atoms with Crippen LogP contribution in [0.1, 0.15) is 50.0 Å². The predicted molar refractivity (Wildman–Crippen MR) is 94.5 cm³/mol. The van der Waals surface area contributed by atoms with Crippen molar-refractivity contribution in [2.24, 2.45) is 0 Å². The Balaban J connectivity index is 1.88. The first kappa shape index (κ1) is 17.7. The number of imidazole rings is 1. The van der Waals surface area contributed by atoms with Gasteiger partial charge in [0.15, 0.2) is 5.65 Å². The minimum atomic E-state index is -3.00. The summed E-state index contributed by atoms with van der Waals surface area (Å²) in [5, 5.41) is 2.93. The molecule has 9 heteroatoms. The lowest BCUT2D eigenvalue weighted by Crippen LogP contribution is -2.50. The smallest absolute Gasteiger partial charge is 0.327 e. The number of H-pyrrole nitrogens is 1. The van der Waals surface area contributed by atoms with Crippen molar-refractivity contribution >= 4 is 26.9 Å². The highest BCUT2D eigenvalue weighted by Crippen LogP contribution is 2.24. The van der Waals surface area contributed by atoms with Crippen molar-refractivity contribution in [1.29, 1.82) is 0 Å². The molecule has 8 nitrogen and oxygen atoms in total. The summed E-state index contributed by atoms with van der Waals surface area (Å²) < 4.78 is 24.7. The van der Waals surface area contributed by atoms with Crippen LogP contribution in [0.5, 0.6) is 0 Å². The molecule has 0 radical (unpaired) electrons. The van der Waals surface area contributed by atoms with E-state index in [-0.39, 0.29) is 29.1 Å². The average molecular weight is 366 g/mol. The van der Waals surface area contributed by atoms with E-state index in [0.717, 1.165) is 0 Å². The Kier molecular flexibility index (Phi) is 4.22. The summed E-state index contributed by atoms with van der Waals surface area (Å²) in [4.78, 5) is 31.5. The lowest BCUT2D eigenvalue weighted by atomic mass is 9.94. The van der Waals surface area contributed by atoms with E-state index in [1.54, 1.807) is 10.6 Å². The molecule has 0 unspecified atom stereocenters. The van der Waals surface area contributed by atoms with Gasteiger partial charge in [0, 0.05) is 17.8 Å². The van der Waals surface area contributed by atoms with E-state index in [9.17, 15) is 18.0 Å². The van der Waals surface area contributed by atoms with E-state index < -0.39 is 15.4 Å². The predicted octanol–water partition coefficient (Wildman–Crippen LogP) is 1.00. The topological polar surface area (TPSA) is 114 Å². The number of carbonyl (C=O) groups excluding carboxylic acids is 1. The van der Waals surface area contributed by atoms with Crippen LogP contribution in [-0.2, 0) is 9.84 Å². The van der Waals surface area contributed by atoms with E-state index >= 15 is 0 Å². The van der Waals surface area contributed by atoms with Gasteiger partial charge in [0.25, 0.3) is 5.91 Å². The van der Waals surface area contributed by atoms with Crippen molar-refractivity contribution in [3.8, 4) is 0 Å². The molecule has 2 aromatic heterocycles. The lowest BCUT2D eigenvalue weighted by molar-refractivity contribution is 0.0899. The summed E-state index contributed by atoms with van der Waals surface area (Å²) in [6.45, 7) is 5.61. The fourth-order valence-corrected chi connectivity index (χ4v) is 4.83. The van der Waals surface area contributed by atoms with Crippen LogP contribution in [-0.4, -0.2) is 45.9 Å². The molecule has 1 aliphatic heterocycles. The molecule has 2 N–H and O–H groups in total. The van der Waals surface area contributed by atoms with Crippen molar-refractivity contribution in [1.82, 2.24) is 19.9 Å². The Hall–Kier alpha value is -2.16. The molecule has 25 heavy (non-hydrogen) atoms. The highest BCUT2D eigenvalue weighted by atomic mass is 32.2. The molecule has 2 aromatic rings. The minimum absolute atomic E-state index is 0.0672. The number of nitrogens with zero attached hydrogens (tertiary/aromatic N) is 2. The van der Waals surface area contributed by atoms with E-state index in [2.05, 4.69) is 15.3 Å². The van der Waals surface area contributed by atoms with Crippen molar-refractivity contribution in [2.45, 2.75) is 45.2 Å². The molecule has 3 heterocycles. The van der Waals surface area contributed by atoms with Gasteiger partial charge in [0.05, 0.1) is 22.6 Å². The molecular weight excluding hydrogens is 344 g/mol. The minimum Gasteiger partial charge on any atom is -0.347 e. The zero-order valence-corrected chi connectivity index (χ0v) is 15.3. The van der Waals surface area contributed by atoms with Gasteiger partial charge >= 0.3 is 5.69 Å². The number of rotatable bonds is 3. The average Bonchev–Trinajstić information content (AvgIpc) is 2.85. The largest absolute Gasteiger partial charge is 0.347 e. The molecule has 1 aliphatic rings. The Morgan fingerprint density at radius 3 is 2.60 bits per heavy atom. The molecular formula is C16H22N4O4S. The molecule has 0 aliphatic carbocycles. The van der Waals surface area contributed by atoms with Crippen molar-refractivity contribution in [3.05, 3.63) is 28.3 Å². The molecule has 136 valence electrons. The summed E-state index contributed by atoms with van der Waals surface area (Å²) in [6, 6.07) is 1.57. The molecule has 0 bridgehead atoms. The van der Waals surface area contributed by atoms with Gasteiger partial charge in [-0.3, -0.25) is 14.3 Å². The maximum Gasteiger partial charge on any atom is 0.327 e. The third-order valence-electron chi connectivity index (χ3n) is 4.69. The molecule has 1 saturated heterocycles. The first-order chi connectivity index (χ1) is 11.6. The number of amides is 1. The van der Waals surface area contributed by atoms with Gasteiger partial charge in [0.2, 0.25) is 0 Å². The third kappa shape index (κ3) is 3.46. The van der Waals surface area contributed by atoms with Gasteiger partial charge in [-0.1, -0.05) is 0 Å². The maximum atomic E-state index is 12.6. The highest BCUT2D eigenvalue weighted by Gasteiger charge is 2.34. The van der Waals surface area contributed by atoms with Crippen LogP contribution < -0.4 is 11.0 Å². The van der Waals surface area contributed by atoms with Crippen LogP contribution >= 0.6 is 0 Å². The highest BCUT2D eigenvalue weighted by molar-refractivity contribution is 7.91. The van der Waals surface area contributed by atoms with Gasteiger partial charge in [0.1, 0.15) is 9.84 Å². The van der Waals surface area contributed by atoms with Gasteiger partial charge in [-0.05, 0) is 39.7 Å². The van der Waals surface area contributed by atoms with Crippen LogP contribution in [0.2, 0.25) is 0 Å². The number of carbonyl (C=O) groups is 1. The number of nitrogens with one attached hydrogen (secondary N) is 2. The van der Waals surface area contributed by atoms with Gasteiger partial charge in [-0.2, -0.15) is 0 Å². The normalized spacial score (nSPS) is 19.2. The second kappa shape index (κ2) is 5.98. The van der Waals surface area contributed by atoms with Crippen molar-refractivity contribution in [3.63, 3.8) is 0 Å². The van der Waals surface area contributed by atoms with E-state index in [1.165, 1.54) is 6.20 Å². The van der Waals surface area contributed by atoms with E-state index in [1.807, 2.05) is 20.8 Å². The van der Waals surface area contributed by atoms with E-state index in [4.69, 9.17) is 0 Å². The molecule has 1 amide bonds. The summed E-state index contributed by atoms with van der Waals surface area (Å²) in [6.07, 6.45) is 2.19. The lowest BCUT2D eigenvalue weighted by Gasteiger charge is -2.34. The summed E-state index contributed by atoms with van der Waals surface area (Å²) >= 11 is 0. The molecule has 0 spiro atoms. The van der Waals surface area contributed by atoms with E-state index in [0.29, 0.717) is 29.6 Å². The first-order valence-corrected chi connectivity index (χ1v) is 10.1. The Morgan fingerprint density at radius 1 is 1.36 bits per heavy atom. The van der Waals surface area contributed by atoms with Gasteiger partial charge in [-0.15, -0.1) is 0 Å². The first-order valence-electron chi connectivity index (χ1n) is 8.23. The number of aromatic nitrogens is 3. The number of fused-ring (bicyclic) bond motifs is 1. The van der Waals surface area contributed by atoms with Crippen molar-refractivity contribution in [2.75, 3.05) is 11.5 Å². The van der Waals surface area contributed by atoms with Crippen molar-refractivity contribution < 1.29 is 13.2 Å². The Bertz CT molecular complexity index is 973. The molecule has 0 saturated carbocycles. The molecule has 1 fully saturated rings. The standard InChI is InChI=1S/C16H22N4O4S/c1-10(2)20-12-8-11(9-17-13(12)18-15(20)22)14(21)19-16(3)4-6-25(23,24)7-5-16/h8-10H,4-7H2,1-3H3,(H,19,21)(H,17,18,22). The zero-order chi connectivity index (χ0) is 18.4. The summed E-state index contributed by atoms with van der Waals surface area (Å²) in [5.41, 5.74) is 0.525. The van der Waals surface area contributed by atoms with Crippen LogP contribution in [0.4, 0.5) is 0 Å². The van der Waals surface area contributed by atoms with Crippen LogP contribution in [0, 0.1) is 0 Å².